The van der Waals surface area contributed by atoms with Crippen molar-refractivity contribution in [2.45, 2.75) is 33.0 Å². The average molecular weight is 401 g/mol. The summed E-state index contributed by atoms with van der Waals surface area (Å²) in [7, 11) is 0. The third-order valence-corrected chi connectivity index (χ3v) is 4.15. The van der Waals surface area contributed by atoms with Crippen LogP contribution >= 0.6 is 11.3 Å². The fourth-order valence-electron chi connectivity index (χ4n) is 2.13. The molecule has 1 amide bonds. The van der Waals surface area contributed by atoms with Crippen molar-refractivity contribution in [2.75, 3.05) is 5.32 Å². The first kappa shape index (κ1) is 19.6. The first-order valence-electron chi connectivity index (χ1n) is 8.43. The van der Waals surface area contributed by atoms with Crippen molar-refractivity contribution in [3.8, 4) is 10.8 Å². The molecule has 0 spiro atoms. The minimum absolute atomic E-state index is 0.130. The molecule has 0 fully saturated rings. The third kappa shape index (κ3) is 5.40. The van der Waals surface area contributed by atoms with E-state index in [1.165, 1.54) is 11.3 Å². The van der Waals surface area contributed by atoms with Crippen LogP contribution in [0, 0.1) is 0 Å². The van der Waals surface area contributed by atoms with Gasteiger partial charge in [0, 0.05) is 5.69 Å². The van der Waals surface area contributed by atoms with Crippen molar-refractivity contribution in [1.29, 1.82) is 0 Å². The van der Waals surface area contributed by atoms with Crippen LogP contribution in [-0.2, 0) is 16.1 Å². The zero-order valence-corrected chi connectivity index (χ0v) is 16.4. The summed E-state index contributed by atoms with van der Waals surface area (Å²) in [4.78, 5) is 24.7. The molecule has 0 radical (unpaired) electrons. The maximum Gasteiger partial charge on any atom is 0.412 e. The van der Waals surface area contributed by atoms with Gasteiger partial charge in [0.05, 0.1) is 10.4 Å². The molecule has 3 rings (SSSR count). The van der Waals surface area contributed by atoms with Crippen molar-refractivity contribution < 1.29 is 23.5 Å². The van der Waals surface area contributed by atoms with Gasteiger partial charge < -0.3 is 13.9 Å². The van der Waals surface area contributed by atoms with Gasteiger partial charge in [0.2, 0.25) is 0 Å². The summed E-state index contributed by atoms with van der Waals surface area (Å²) in [5.74, 6) is 0.0540. The normalized spacial score (nSPS) is 11.1. The number of carbonyl (C=O) groups excluding carboxylic acids is 2. The Labute approximate surface area is 165 Å². The second kappa shape index (κ2) is 8.22. The van der Waals surface area contributed by atoms with Gasteiger partial charge in [-0.25, -0.2) is 9.59 Å². The third-order valence-electron chi connectivity index (χ3n) is 3.29. The predicted molar refractivity (Wildman–Crippen MR) is 103 cm³/mol. The molecular formula is C19H19N3O5S. The van der Waals surface area contributed by atoms with Crippen LogP contribution in [0.1, 0.15) is 37.0 Å². The molecule has 28 heavy (non-hydrogen) atoms. The fraction of sp³-hybridized carbons (Fsp3) is 0.263. The van der Waals surface area contributed by atoms with Crippen molar-refractivity contribution >= 4 is 29.1 Å². The molecule has 0 saturated carbocycles. The molecule has 1 aromatic carbocycles. The predicted octanol–water partition coefficient (Wildman–Crippen LogP) is 4.50. The number of ether oxygens (including phenoxy) is 2. The molecule has 0 aliphatic rings. The Morgan fingerprint density at radius 1 is 1.14 bits per heavy atom. The number of esters is 1. The van der Waals surface area contributed by atoms with E-state index in [-0.39, 0.29) is 12.5 Å². The maximum absolute atomic E-state index is 12.2. The van der Waals surface area contributed by atoms with E-state index in [9.17, 15) is 9.59 Å². The minimum atomic E-state index is -0.591. The van der Waals surface area contributed by atoms with Crippen LogP contribution in [0.3, 0.4) is 0 Å². The van der Waals surface area contributed by atoms with Gasteiger partial charge in [-0.1, -0.05) is 6.07 Å². The number of aromatic nitrogens is 2. The van der Waals surface area contributed by atoms with Gasteiger partial charge in [0.1, 0.15) is 5.60 Å². The zero-order valence-electron chi connectivity index (χ0n) is 15.6. The van der Waals surface area contributed by atoms with Gasteiger partial charge in [0.25, 0.3) is 11.8 Å². The van der Waals surface area contributed by atoms with E-state index < -0.39 is 17.7 Å². The van der Waals surface area contributed by atoms with E-state index >= 15 is 0 Å². The van der Waals surface area contributed by atoms with Crippen LogP contribution in [0.5, 0.6) is 0 Å². The number of nitrogens with one attached hydrogen (secondary N) is 1. The fourth-order valence-corrected chi connectivity index (χ4v) is 2.78. The highest BCUT2D eigenvalue weighted by Gasteiger charge is 2.17. The molecule has 1 N–H and O–H groups in total. The molecule has 146 valence electrons. The Hall–Kier alpha value is -3.20. The highest BCUT2D eigenvalue weighted by Crippen LogP contribution is 2.23. The molecule has 8 nitrogen and oxygen atoms in total. The molecule has 0 aliphatic carbocycles. The molecule has 0 unspecified atom stereocenters. The van der Waals surface area contributed by atoms with Gasteiger partial charge in [-0.3, -0.25) is 5.32 Å². The number of nitrogens with zero attached hydrogens (tertiary/aromatic N) is 2. The summed E-state index contributed by atoms with van der Waals surface area (Å²) >= 11 is 1.48. The Kier molecular flexibility index (Phi) is 5.74. The highest BCUT2D eigenvalue weighted by molar-refractivity contribution is 7.13. The summed E-state index contributed by atoms with van der Waals surface area (Å²) < 4.78 is 15.8. The monoisotopic (exact) mass is 401 g/mol. The molecule has 0 saturated heterocycles. The number of anilines is 1. The SMILES string of the molecule is CC(C)(C)OC(=O)Nc1ccc(C(=O)OCc2nnc(-c3cccs3)o2)cc1. The van der Waals surface area contributed by atoms with Crippen LogP contribution in [0.2, 0.25) is 0 Å². The van der Waals surface area contributed by atoms with Gasteiger partial charge in [0.15, 0.2) is 6.61 Å². The zero-order chi connectivity index (χ0) is 20.1. The number of rotatable bonds is 5. The summed E-state index contributed by atoms with van der Waals surface area (Å²) in [5, 5.41) is 12.3. The average Bonchev–Trinajstić information content (AvgIpc) is 3.30. The van der Waals surface area contributed by atoms with E-state index in [1.54, 1.807) is 45.0 Å². The van der Waals surface area contributed by atoms with Crippen LogP contribution in [0.25, 0.3) is 10.8 Å². The second-order valence-electron chi connectivity index (χ2n) is 6.76. The smallest absolute Gasteiger partial charge is 0.412 e. The Morgan fingerprint density at radius 2 is 1.89 bits per heavy atom. The summed E-state index contributed by atoms with van der Waals surface area (Å²) in [6.45, 7) is 5.20. The Balaban J connectivity index is 1.53. The van der Waals surface area contributed by atoms with E-state index in [4.69, 9.17) is 13.9 Å². The number of benzene rings is 1. The Morgan fingerprint density at radius 3 is 2.54 bits per heavy atom. The van der Waals surface area contributed by atoms with Gasteiger partial charge >= 0.3 is 12.1 Å². The molecule has 0 bridgehead atoms. The molecule has 9 heteroatoms. The molecule has 0 aliphatic heterocycles. The van der Waals surface area contributed by atoms with Gasteiger partial charge in [-0.2, -0.15) is 0 Å². The number of hydrogen-bond acceptors (Lipinski definition) is 8. The summed E-state index contributed by atoms with van der Waals surface area (Å²) in [6, 6.07) is 10.00. The van der Waals surface area contributed by atoms with E-state index in [0.29, 0.717) is 17.1 Å². The lowest BCUT2D eigenvalue weighted by atomic mass is 10.2. The largest absolute Gasteiger partial charge is 0.452 e. The number of carbonyl (C=O) groups is 2. The lowest BCUT2D eigenvalue weighted by Gasteiger charge is -2.19. The number of amides is 1. The van der Waals surface area contributed by atoms with Crippen molar-refractivity contribution in [3.63, 3.8) is 0 Å². The standard InChI is InChI=1S/C19H19N3O5S/c1-19(2,3)27-18(24)20-13-8-6-12(7-9-13)17(23)25-11-15-21-22-16(26-15)14-5-4-10-28-14/h4-10H,11H2,1-3H3,(H,20,24). The van der Waals surface area contributed by atoms with Crippen molar-refractivity contribution in [2.24, 2.45) is 0 Å². The molecule has 0 atom stereocenters. The first-order chi connectivity index (χ1) is 13.3. The first-order valence-corrected chi connectivity index (χ1v) is 9.31. The molecule has 2 aromatic heterocycles. The summed E-state index contributed by atoms with van der Waals surface area (Å²) in [5.41, 5.74) is 0.238. The molecular weight excluding hydrogens is 382 g/mol. The van der Waals surface area contributed by atoms with Gasteiger partial charge in [-0.05, 0) is 56.5 Å². The summed E-state index contributed by atoms with van der Waals surface area (Å²) in [6.07, 6.45) is -0.569. The van der Waals surface area contributed by atoms with E-state index in [1.807, 2.05) is 17.5 Å². The van der Waals surface area contributed by atoms with Gasteiger partial charge in [-0.15, -0.1) is 21.5 Å². The van der Waals surface area contributed by atoms with Crippen LogP contribution in [-0.4, -0.2) is 27.9 Å². The van der Waals surface area contributed by atoms with Crippen LogP contribution in [0.15, 0.2) is 46.2 Å². The molecule has 2 heterocycles. The van der Waals surface area contributed by atoms with Crippen molar-refractivity contribution in [1.82, 2.24) is 10.2 Å². The Bertz CT molecular complexity index is 943. The topological polar surface area (TPSA) is 104 Å². The quantitative estimate of drug-likeness (QED) is 0.628. The lowest BCUT2D eigenvalue weighted by Crippen LogP contribution is -2.27. The number of thiophene rings is 1. The number of hydrogen-bond donors (Lipinski definition) is 1. The lowest BCUT2D eigenvalue weighted by molar-refractivity contribution is 0.0438. The van der Waals surface area contributed by atoms with E-state index in [2.05, 4.69) is 15.5 Å². The van der Waals surface area contributed by atoms with Crippen LogP contribution < -0.4 is 5.32 Å². The second-order valence-corrected chi connectivity index (χ2v) is 7.71. The minimum Gasteiger partial charge on any atom is -0.452 e. The van der Waals surface area contributed by atoms with Crippen LogP contribution in [0.4, 0.5) is 10.5 Å². The van der Waals surface area contributed by atoms with E-state index in [0.717, 1.165) is 4.88 Å². The van der Waals surface area contributed by atoms with Crippen molar-refractivity contribution in [3.05, 3.63) is 53.2 Å². The maximum atomic E-state index is 12.2. The molecule has 3 aromatic rings. The highest BCUT2D eigenvalue weighted by atomic mass is 32.1.